The zero-order chi connectivity index (χ0) is 14.9. The minimum Gasteiger partial charge on any atom is -0.464 e. The summed E-state index contributed by atoms with van der Waals surface area (Å²) in [4.78, 5) is 20.4. The molecular weight excluding hydrogens is 324 g/mol. The number of anilines is 1. The maximum absolute atomic E-state index is 11.7. The molecule has 0 aliphatic heterocycles. The van der Waals surface area contributed by atoms with Gasteiger partial charge < -0.3 is 10.5 Å². The second-order valence-electron chi connectivity index (χ2n) is 4.18. The largest absolute Gasteiger partial charge is 0.464 e. The number of rotatable bonds is 3. The van der Waals surface area contributed by atoms with Crippen molar-refractivity contribution in [3.05, 3.63) is 33.8 Å². The molecule has 0 radical (unpaired) electrons. The van der Waals surface area contributed by atoms with E-state index in [1.165, 1.54) is 7.11 Å². The van der Waals surface area contributed by atoms with Gasteiger partial charge in [0.1, 0.15) is 17.5 Å². The van der Waals surface area contributed by atoms with Crippen LogP contribution in [0.3, 0.4) is 0 Å². The highest BCUT2D eigenvalue weighted by molar-refractivity contribution is 9.10. The Morgan fingerprint density at radius 3 is 2.70 bits per heavy atom. The normalized spacial score (nSPS) is 10.6. The highest BCUT2D eigenvalue weighted by Gasteiger charge is 2.21. The molecule has 106 valence electrons. The summed E-state index contributed by atoms with van der Waals surface area (Å²) < 4.78 is 7.27. The van der Waals surface area contributed by atoms with Crippen molar-refractivity contribution in [2.45, 2.75) is 20.3 Å². The van der Waals surface area contributed by atoms with Gasteiger partial charge in [-0.2, -0.15) is 0 Å². The Morgan fingerprint density at radius 1 is 1.45 bits per heavy atom. The number of halogens is 1. The van der Waals surface area contributed by atoms with Gasteiger partial charge in [0.25, 0.3) is 0 Å². The van der Waals surface area contributed by atoms with Gasteiger partial charge in [0.2, 0.25) is 0 Å². The van der Waals surface area contributed by atoms with Gasteiger partial charge in [-0.25, -0.2) is 14.8 Å². The molecule has 0 aliphatic carbocycles. The van der Waals surface area contributed by atoms with Crippen LogP contribution in [-0.4, -0.2) is 27.6 Å². The quantitative estimate of drug-likeness (QED) is 0.868. The van der Waals surface area contributed by atoms with Crippen LogP contribution in [0, 0.1) is 6.92 Å². The number of methoxy groups -OCH3 is 1. The highest BCUT2D eigenvalue weighted by Crippen LogP contribution is 2.23. The van der Waals surface area contributed by atoms with Gasteiger partial charge in [-0.05, 0) is 35.0 Å². The number of carbonyl (C=O) groups excluding carboxylic acids is 1. The zero-order valence-corrected chi connectivity index (χ0v) is 13.1. The molecule has 0 aliphatic rings. The van der Waals surface area contributed by atoms with Crippen LogP contribution < -0.4 is 5.73 Å². The van der Waals surface area contributed by atoms with Crippen molar-refractivity contribution in [1.29, 1.82) is 0 Å². The number of hydrogen-bond acceptors (Lipinski definition) is 5. The lowest BCUT2D eigenvalue weighted by Gasteiger charge is -2.09. The summed E-state index contributed by atoms with van der Waals surface area (Å²) in [5, 5.41) is 0. The Hall–Kier alpha value is -1.89. The minimum atomic E-state index is -0.551. The molecule has 0 atom stereocenters. The van der Waals surface area contributed by atoms with E-state index in [2.05, 4.69) is 30.6 Å². The van der Waals surface area contributed by atoms with Gasteiger partial charge in [0.15, 0.2) is 5.69 Å². The summed E-state index contributed by atoms with van der Waals surface area (Å²) in [6.07, 6.45) is 0.623. The average molecular weight is 339 g/mol. The van der Waals surface area contributed by atoms with Gasteiger partial charge in [-0.15, -0.1) is 0 Å². The van der Waals surface area contributed by atoms with Crippen LogP contribution in [0.1, 0.15) is 28.9 Å². The molecule has 0 aromatic carbocycles. The molecule has 2 aromatic rings. The minimum absolute atomic E-state index is 0.117. The first kappa shape index (κ1) is 14.5. The molecule has 0 bridgehead atoms. The van der Waals surface area contributed by atoms with Gasteiger partial charge in [-0.3, -0.25) is 4.57 Å². The number of pyridine rings is 1. The second kappa shape index (κ2) is 5.62. The predicted molar refractivity (Wildman–Crippen MR) is 78.9 cm³/mol. The number of imidazole rings is 1. The highest BCUT2D eigenvalue weighted by atomic mass is 79.9. The lowest BCUT2D eigenvalue weighted by Crippen LogP contribution is -2.09. The average Bonchev–Trinajstić information content (AvgIpc) is 2.78. The van der Waals surface area contributed by atoms with E-state index in [0.29, 0.717) is 18.1 Å². The third-order valence-corrected chi connectivity index (χ3v) is 3.75. The molecule has 6 nitrogen and oxygen atoms in total. The lowest BCUT2D eigenvalue weighted by molar-refractivity contribution is 0.0596. The van der Waals surface area contributed by atoms with E-state index in [9.17, 15) is 4.79 Å². The van der Waals surface area contributed by atoms with Crippen molar-refractivity contribution in [2.75, 3.05) is 12.8 Å². The molecule has 20 heavy (non-hydrogen) atoms. The van der Waals surface area contributed by atoms with Crippen molar-refractivity contribution in [3.8, 4) is 5.82 Å². The fourth-order valence-electron chi connectivity index (χ4n) is 1.88. The van der Waals surface area contributed by atoms with Crippen molar-refractivity contribution in [3.63, 3.8) is 0 Å². The van der Waals surface area contributed by atoms with Crippen molar-refractivity contribution < 1.29 is 9.53 Å². The van der Waals surface area contributed by atoms with Gasteiger partial charge in [0.05, 0.1) is 12.8 Å². The molecule has 2 N–H and O–H groups in total. The van der Waals surface area contributed by atoms with Crippen LogP contribution in [0.5, 0.6) is 0 Å². The van der Waals surface area contributed by atoms with E-state index < -0.39 is 5.97 Å². The summed E-state index contributed by atoms with van der Waals surface area (Å²) in [7, 11) is 1.30. The van der Waals surface area contributed by atoms with E-state index in [4.69, 9.17) is 5.73 Å². The number of carbonyl (C=O) groups is 1. The molecular formula is C13H15BrN4O2. The Morgan fingerprint density at radius 2 is 2.15 bits per heavy atom. The van der Waals surface area contributed by atoms with Crippen LogP contribution in [0.25, 0.3) is 5.82 Å². The molecule has 7 heteroatoms. The summed E-state index contributed by atoms with van der Waals surface area (Å²) in [5.41, 5.74) is 6.97. The smallest absolute Gasteiger partial charge is 0.360 e. The summed E-state index contributed by atoms with van der Waals surface area (Å²) in [5.74, 6) is 0.979. The fourth-order valence-corrected chi connectivity index (χ4v) is 2.10. The number of hydrogen-bond donors (Lipinski definition) is 1. The van der Waals surface area contributed by atoms with E-state index in [-0.39, 0.29) is 11.5 Å². The van der Waals surface area contributed by atoms with Crippen molar-refractivity contribution >= 4 is 27.7 Å². The van der Waals surface area contributed by atoms with Crippen LogP contribution in [-0.2, 0) is 11.2 Å². The Kier molecular flexibility index (Phi) is 4.08. The number of aromatic nitrogens is 3. The molecule has 0 amide bonds. The van der Waals surface area contributed by atoms with E-state index in [0.717, 1.165) is 10.2 Å². The molecule has 0 saturated heterocycles. The van der Waals surface area contributed by atoms with Crippen LogP contribution in [0.15, 0.2) is 16.6 Å². The maximum Gasteiger partial charge on any atom is 0.360 e. The molecule has 2 heterocycles. The number of nitrogen functional groups attached to an aromatic ring is 1. The standard InChI is InChI=1S/C13H15BrN4O2/c1-4-9-17-11(13(19)20-3)12(15)18(9)10-6-5-8(14)7(2)16-10/h5-6H,4,15H2,1-3H3. The van der Waals surface area contributed by atoms with Crippen LogP contribution in [0.2, 0.25) is 0 Å². The number of nitrogens with two attached hydrogens (primary N) is 1. The molecule has 0 saturated carbocycles. The Labute approximate surface area is 125 Å². The van der Waals surface area contributed by atoms with Gasteiger partial charge in [0, 0.05) is 10.9 Å². The molecule has 2 aromatic heterocycles. The number of aryl methyl sites for hydroxylation is 2. The monoisotopic (exact) mass is 338 g/mol. The van der Waals surface area contributed by atoms with Crippen molar-refractivity contribution in [1.82, 2.24) is 14.5 Å². The van der Waals surface area contributed by atoms with Gasteiger partial charge in [-0.1, -0.05) is 6.92 Å². The Balaban J connectivity index is 2.63. The fraction of sp³-hybridized carbons (Fsp3) is 0.308. The molecule has 0 fully saturated rings. The van der Waals surface area contributed by atoms with Crippen molar-refractivity contribution in [2.24, 2.45) is 0 Å². The molecule has 0 unspecified atom stereocenters. The SMILES string of the molecule is CCc1nc(C(=O)OC)c(N)n1-c1ccc(Br)c(C)n1. The number of nitrogens with zero attached hydrogens (tertiary/aromatic N) is 3. The first-order valence-electron chi connectivity index (χ1n) is 6.08. The van der Waals surface area contributed by atoms with Crippen LogP contribution in [0.4, 0.5) is 5.82 Å². The molecule has 0 spiro atoms. The lowest BCUT2D eigenvalue weighted by atomic mass is 10.3. The van der Waals surface area contributed by atoms with E-state index in [1.54, 1.807) is 4.57 Å². The first-order valence-corrected chi connectivity index (χ1v) is 6.87. The first-order chi connectivity index (χ1) is 9.49. The topological polar surface area (TPSA) is 83.0 Å². The Bertz CT molecular complexity index is 667. The van der Waals surface area contributed by atoms with E-state index in [1.807, 2.05) is 26.0 Å². The summed E-state index contributed by atoms with van der Waals surface area (Å²) in [6.45, 7) is 3.82. The van der Waals surface area contributed by atoms with Gasteiger partial charge >= 0.3 is 5.97 Å². The maximum atomic E-state index is 11.7. The number of esters is 1. The van der Waals surface area contributed by atoms with Crippen LogP contribution >= 0.6 is 15.9 Å². The number of ether oxygens (including phenoxy) is 1. The third kappa shape index (κ3) is 2.40. The summed E-state index contributed by atoms with van der Waals surface area (Å²) >= 11 is 3.40. The predicted octanol–water partition coefficient (Wildman–Crippen LogP) is 2.27. The zero-order valence-electron chi connectivity index (χ0n) is 11.5. The third-order valence-electron chi connectivity index (χ3n) is 2.91. The molecule has 2 rings (SSSR count). The summed E-state index contributed by atoms with van der Waals surface area (Å²) in [6, 6.07) is 3.70. The second-order valence-corrected chi connectivity index (χ2v) is 5.03. The van der Waals surface area contributed by atoms with E-state index >= 15 is 0 Å².